The smallest absolute Gasteiger partial charge is 0.0503 e. The van der Waals surface area contributed by atoms with Crippen LogP contribution in [-0.2, 0) is 12.8 Å². The largest absolute Gasteiger partial charge is 0.310 e. The fraction of sp³-hybridized carbons (Fsp3) is 0.0333. The Hall–Kier alpha value is -7.74. The van der Waals surface area contributed by atoms with Gasteiger partial charge in [-0.1, -0.05) is 188 Å². The van der Waals surface area contributed by atoms with Gasteiger partial charge in [0.05, 0.1) is 5.69 Å². The summed E-state index contributed by atoms with van der Waals surface area (Å²) >= 11 is 0. The van der Waals surface area contributed by atoms with Crippen LogP contribution in [0.1, 0.15) is 22.3 Å². The molecule has 0 aromatic heterocycles. The van der Waals surface area contributed by atoms with E-state index in [9.17, 15) is 0 Å². The molecule has 286 valence electrons. The molecule has 1 aliphatic carbocycles. The molecular weight excluding hydrogens is 735 g/mol. The van der Waals surface area contributed by atoms with Crippen LogP contribution >= 0.6 is 0 Å². The van der Waals surface area contributed by atoms with Gasteiger partial charge < -0.3 is 4.90 Å². The standard InChI is InChI=1S/C60H41N/c1-2-15-42-36-43(29-28-40(42)14-1)41-30-32-47(33-31-41)61(48-34-35-57-55-24-10-9-22-53(55)54-23-11-12-25-56(54)58(57)39-48)60-27-13-26-52-51-21-8-4-17-45(51)37-44-16-3-6-19-49(44)50-20-7-5-18-46(50)38-59(52)60/h1-36,39H,37-38H2. The molecule has 0 saturated carbocycles. The van der Waals surface area contributed by atoms with E-state index in [2.05, 4.69) is 229 Å². The van der Waals surface area contributed by atoms with Crippen LogP contribution in [0.3, 0.4) is 0 Å². The van der Waals surface area contributed by atoms with Gasteiger partial charge in [0.15, 0.2) is 0 Å². The highest BCUT2D eigenvalue weighted by Crippen LogP contribution is 2.46. The van der Waals surface area contributed by atoms with E-state index in [-0.39, 0.29) is 0 Å². The third-order valence-corrected chi connectivity index (χ3v) is 13.0. The van der Waals surface area contributed by atoms with Gasteiger partial charge in [-0.25, -0.2) is 0 Å². The summed E-state index contributed by atoms with van der Waals surface area (Å²) in [5, 5.41) is 10.1. The van der Waals surface area contributed by atoms with E-state index in [0.29, 0.717) is 0 Å². The highest BCUT2D eigenvalue weighted by molar-refractivity contribution is 6.25. The zero-order valence-electron chi connectivity index (χ0n) is 33.7. The molecule has 11 aromatic rings. The lowest BCUT2D eigenvalue weighted by Crippen LogP contribution is -2.14. The summed E-state index contributed by atoms with van der Waals surface area (Å²) in [5.41, 5.74) is 16.3. The Kier molecular flexibility index (Phi) is 8.38. The number of benzene rings is 11. The monoisotopic (exact) mass is 775 g/mol. The first kappa shape index (κ1) is 35.2. The molecule has 1 nitrogen and oxygen atoms in total. The van der Waals surface area contributed by atoms with Crippen LogP contribution in [0, 0.1) is 0 Å². The first-order valence-corrected chi connectivity index (χ1v) is 21.3. The van der Waals surface area contributed by atoms with E-state index in [4.69, 9.17) is 0 Å². The van der Waals surface area contributed by atoms with Crippen molar-refractivity contribution in [1.82, 2.24) is 0 Å². The molecule has 0 unspecified atom stereocenters. The maximum Gasteiger partial charge on any atom is 0.0503 e. The fourth-order valence-electron chi connectivity index (χ4n) is 10.1. The maximum atomic E-state index is 2.51. The van der Waals surface area contributed by atoms with Crippen molar-refractivity contribution in [2.45, 2.75) is 12.8 Å². The Morgan fingerprint density at radius 2 is 0.754 bits per heavy atom. The van der Waals surface area contributed by atoms with Gasteiger partial charge in [0, 0.05) is 17.8 Å². The zero-order chi connectivity index (χ0) is 40.3. The Balaban J connectivity index is 1.11. The first-order valence-electron chi connectivity index (χ1n) is 21.3. The van der Waals surface area contributed by atoms with Crippen LogP contribution in [-0.4, -0.2) is 0 Å². The average Bonchev–Trinajstić information content (AvgIpc) is 3.33. The summed E-state index contributed by atoms with van der Waals surface area (Å²) < 4.78 is 0. The summed E-state index contributed by atoms with van der Waals surface area (Å²) in [6.07, 6.45) is 1.63. The summed E-state index contributed by atoms with van der Waals surface area (Å²) in [4.78, 5) is 2.51. The normalized spacial score (nSPS) is 12.1. The minimum Gasteiger partial charge on any atom is -0.310 e. The van der Waals surface area contributed by atoms with Gasteiger partial charge >= 0.3 is 0 Å². The number of hydrogen-bond acceptors (Lipinski definition) is 1. The third kappa shape index (κ3) is 6.01. The van der Waals surface area contributed by atoms with Crippen molar-refractivity contribution in [2.75, 3.05) is 4.90 Å². The van der Waals surface area contributed by atoms with Gasteiger partial charge in [0.25, 0.3) is 0 Å². The van der Waals surface area contributed by atoms with Gasteiger partial charge in [0.2, 0.25) is 0 Å². The average molecular weight is 776 g/mol. The Labute approximate surface area is 356 Å². The molecule has 1 aliphatic rings. The van der Waals surface area contributed by atoms with Gasteiger partial charge in [-0.3, -0.25) is 0 Å². The van der Waals surface area contributed by atoms with Gasteiger partial charge in [0.1, 0.15) is 0 Å². The van der Waals surface area contributed by atoms with Crippen molar-refractivity contribution in [3.63, 3.8) is 0 Å². The van der Waals surface area contributed by atoms with E-state index in [1.807, 2.05) is 0 Å². The molecule has 12 rings (SSSR count). The lowest BCUT2D eigenvalue weighted by atomic mass is 9.83. The van der Waals surface area contributed by atoms with Crippen LogP contribution in [0.4, 0.5) is 17.1 Å². The van der Waals surface area contributed by atoms with E-state index in [1.54, 1.807) is 0 Å². The molecule has 11 aromatic carbocycles. The van der Waals surface area contributed by atoms with Crippen molar-refractivity contribution in [3.05, 3.63) is 247 Å². The van der Waals surface area contributed by atoms with E-state index in [0.717, 1.165) is 24.2 Å². The number of nitrogens with zero attached hydrogens (tertiary/aromatic N) is 1. The van der Waals surface area contributed by atoms with Crippen molar-refractivity contribution in [2.24, 2.45) is 0 Å². The first-order chi connectivity index (χ1) is 30.2. The van der Waals surface area contributed by atoms with E-state index < -0.39 is 0 Å². The SMILES string of the molecule is c1ccc2c(c1)Cc1ccccc1-c1cccc(N(c3ccc(-c4ccc5ccccc5c4)cc3)c3ccc4c5ccccc5c5ccccc5c4c3)c1Cc1ccccc1-2. The highest BCUT2D eigenvalue weighted by atomic mass is 15.1. The van der Waals surface area contributed by atoms with Crippen LogP contribution in [0.25, 0.3) is 76.5 Å². The molecule has 0 bridgehead atoms. The molecule has 0 spiro atoms. The van der Waals surface area contributed by atoms with Crippen molar-refractivity contribution in [3.8, 4) is 33.4 Å². The number of anilines is 3. The van der Waals surface area contributed by atoms with Crippen molar-refractivity contribution >= 4 is 60.2 Å². The van der Waals surface area contributed by atoms with Crippen molar-refractivity contribution < 1.29 is 0 Å². The van der Waals surface area contributed by atoms with Gasteiger partial charge in [-0.15, -0.1) is 0 Å². The molecule has 0 amide bonds. The Bertz CT molecular complexity index is 3450. The van der Waals surface area contributed by atoms with Gasteiger partial charge in [-0.2, -0.15) is 0 Å². The second-order valence-electron chi connectivity index (χ2n) is 16.4. The topological polar surface area (TPSA) is 3.24 Å². The lowest BCUT2D eigenvalue weighted by Gasteiger charge is -2.31. The van der Waals surface area contributed by atoms with Crippen LogP contribution < -0.4 is 4.90 Å². The summed E-state index contributed by atoms with van der Waals surface area (Å²) in [5.74, 6) is 0. The maximum absolute atomic E-state index is 2.51. The second-order valence-corrected chi connectivity index (χ2v) is 16.4. The van der Waals surface area contributed by atoms with E-state index in [1.165, 1.54) is 104 Å². The quantitative estimate of drug-likeness (QED) is 0.161. The number of fused-ring (bicyclic) bond motifs is 13. The molecule has 0 N–H and O–H groups in total. The summed E-state index contributed by atoms with van der Waals surface area (Å²) in [6, 6.07) is 83.4. The Morgan fingerprint density at radius 1 is 0.279 bits per heavy atom. The molecule has 0 aliphatic heterocycles. The molecule has 0 saturated heterocycles. The molecule has 0 fully saturated rings. The predicted octanol–water partition coefficient (Wildman–Crippen LogP) is 16.3. The third-order valence-electron chi connectivity index (χ3n) is 13.0. The minimum atomic E-state index is 0.775. The molecule has 1 heteroatoms. The lowest BCUT2D eigenvalue weighted by molar-refractivity contribution is 1.13. The summed E-state index contributed by atoms with van der Waals surface area (Å²) in [6.45, 7) is 0. The Morgan fingerprint density at radius 3 is 1.41 bits per heavy atom. The van der Waals surface area contributed by atoms with Crippen LogP contribution in [0.5, 0.6) is 0 Å². The van der Waals surface area contributed by atoms with Crippen LogP contribution in [0.2, 0.25) is 0 Å². The van der Waals surface area contributed by atoms with Crippen LogP contribution in [0.15, 0.2) is 224 Å². The predicted molar refractivity (Wildman–Crippen MR) is 260 cm³/mol. The van der Waals surface area contributed by atoms with E-state index >= 15 is 0 Å². The van der Waals surface area contributed by atoms with Crippen molar-refractivity contribution in [1.29, 1.82) is 0 Å². The fourth-order valence-corrected chi connectivity index (χ4v) is 10.1. The molecule has 61 heavy (non-hydrogen) atoms. The second kappa shape index (κ2) is 14.5. The minimum absolute atomic E-state index is 0.775. The number of hydrogen-bond donors (Lipinski definition) is 0. The van der Waals surface area contributed by atoms with Gasteiger partial charge in [-0.05, 0) is 142 Å². The number of rotatable bonds is 4. The highest BCUT2D eigenvalue weighted by Gasteiger charge is 2.24. The molecule has 0 heterocycles. The molecule has 0 atom stereocenters. The molecule has 0 radical (unpaired) electrons. The molecular formula is C60H41N. The zero-order valence-corrected chi connectivity index (χ0v) is 33.7. The summed E-state index contributed by atoms with van der Waals surface area (Å²) in [7, 11) is 0.